The molecule has 1 aromatic heterocycles. The molecule has 0 radical (unpaired) electrons. The lowest BCUT2D eigenvalue weighted by Gasteiger charge is -2.07. The summed E-state index contributed by atoms with van der Waals surface area (Å²) in [6, 6.07) is 9.18. The van der Waals surface area contributed by atoms with Crippen molar-refractivity contribution in [3.8, 4) is 0 Å². The molecule has 0 atom stereocenters. The van der Waals surface area contributed by atoms with Crippen molar-refractivity contribution in [1.29, 1.82) is 0 Å². The van der Waals surface area contributed by atoms with Crippen LogP contribution in [-0.4, -0.2) is 28.8 Å². The smallest absolute Gasteiger partial charge is 0.331 e. The number of nitrogens with zero attached hydrogens (tertiary/aromatic N) is 2. The van der Waals surface area contributed by atoms with Crippen LogP contribution in [0.5, 0.6) is 0 Å². The molecule has 0 bridgehead atoms. The standard InChI is InChI=1S/C13H14N2O2.C3H7NO2/c1-10-4-3-5-11(8-10)9-15-12(16)6-7-14(2)13(15)17;1-6-3(5)2-4/h3-8H,9H2,1-2H3;2,4H2,1H3. The first-order chi connectivity index (χ1) is 10.9. The molecule has 1 aromatic carbocycles. The third-order valence-electron chi connectivity index (χ3n) is 3.06. The van der Waals surface area contributed by atoms with Crippen LogP contribution in [0.4, 0.5) is 0 Å². The molecule has 0 aliphatic carbocycles. The van der Waals surface area contributed by atoms with Crippen LogP contribution >= 0.6 is 0 Å². The fraction of sp³-hybridized carbons (Fsp3) is 0.312. The third-order valence-corrected chi connectivity index (χ3v) is 3.06. The van der Waals surface area contributed by atoms with Gasteiger partial charge in [-0.25, -0.2) is 4.79 Å². The van der Waals surface area contributed by atoms with Crippen molar-refractivity contribution in [2.75, 3.05) is 13.7 Å². The lowest BCUT2D eigenvalue weighted by molar-refractivity contribution is -0.138. The van der Waals surface area contributed by atoms with Gasteiger partial charge >= 0.3 is 11.7 Å². The number of rotatable bonds is 3. The van der Waals surface area contributed by atoms with Gasteiger partial charge in [-0.2, -0.15) is 0 Å². The summed E-state index contributed by atoms with van der Waals surface area (Å²) in [6.07, 6.45) is 1.48. The average Bonchev–Trinajstić information content (AvgIpc) is 2.55. The number of aromatic nitrogens is 2. The lowest BCUT2D eigenvalue weighted by Crippen LogP contribution is -2.38. The molecule has 0 saturated heterocycles. The van der Waals surface area contributed by atoms with Gasteiger partial charge in [-0.05, 0) is 12.5 Å². The van der Waals surface area contributed by atoms with Crippen LogP contribution in [0.25, 0.3) is 0 Å². The van der Waals surface area contributed by atoms with Crippen molar-refractivity contribution in [3.63, 3.8) is 0 Å². The van der Waals surface area contributed by atoms with Crippen LogP contribution in [0.3, 0.4) is 0 Å². The summed E-state index contributed by atoms with van der Waals surface area (Å²) in [5.41, 5.74) is 6.31. The van der Waals surface area contributed by atoms with Crippen molar-refractivity contribution in [2.24, 2.45) is 12.8 Å². The number of ether oxygens (including phenoxy) is 1. The van der Waals surface area contributed by atoms with E-state index in [1.54, 1.807) is 7.05 Å². The summed E-state index contributed by atoms with van der Waals surface area (Å²) < 4.78 is 6.77. The van der Waals surface area contributed by atoms with Crippen LogP contribution in [0.1, 0.15) is 11.1 Å². The van der Waals surface area contributed by atoms with E-state index >= 15 is 0 Å². The predicted octanol–water partition coefficient (Wildman–Crippen LogP) is 0.0218. The molecule has 0 aliphatic rings. The predicted molar refractivity (Wildman–Crippen MR) is 87.3 cm³/mol. The Bertz CT molecular complexity index is 771. The highest BCUT2D eigenvalue weighted by atomic mass is 16.5. The summed E-state index contributed by atoms with van der Waals surface area (Å²) in [7, 11) is 2.93. The molecule has 23 heavy (non-hydrogen) atoms. The van der Waals surface area contributed by atoms with Gasteiger partial charge in [0, 0.05) is 19.3 Å². The van der Waals surface area contributed by atoms with Gasteiger partial charge in [-0.15, -0.1) is 0 Å². The van der Waals surface area contributed by atoms with E-state index in [9.17, 15) is 14.4 Å². The Labute approximate surface area is 133 Å². The molecule has 0 aliphatic heterocycles. The highest BCUT2D eigenvalue weighted by molar-refractivity contribution is 5.70. The molecule has 0 spiro atoms. The quantitative estimate of drug-likeness (QED) is 0.805. The van der Waals surface area contributed by atoms with E-state index in [0.717, 1.165) is 11.1 Å². The van der Waals surface area contributed by atoms with Gasteiger partial charge in [0.15, 0.2) is 0 Å². The zero-order valence-electron chi connectivity index (χ0n) is 13.5. The Balaban J connectivity index is 0.000000379. The van der Waals surface area contributed by atoms with Crippen LogP contribution in [0, 0.1) is 6.92 Å². The second-order valence-electron chi connectivity index (χ2n) is 4.90. The Morgan fingerprint density at radius 1 is 1.26 bits per heavy atom. The molecule has 0 unspecified atom stereocenters. The second kappa shape index (κ2) is 8.70. The molecular formula is C16H21N3O4. The number of hydrogen-bond acceptors (Lipinski definition) is 5. The largest absolute Gasteiger partial charge is 0.468 e. The van der Waals surface area contributed by atoms with Gasteiger partial charge in [-0.3, -0.25) is 14.2 Å². The molecule has 7 nitrogen and oxygen atoms in total. The van der Waals surface area contributed by atoms with Gasteiger partial charge in [-0.1, -0.05) is 29.8 Å². The van der Waals surface area contributed by atoms with Crippen molar-refractivity contribution >= 4 is 5.97 Å². The average molecular weight is 319 g/mol. The molecule has 7 heteroatoms. The van der Waals surface area contributed by atoms with E-state index in [1.807, 2.05) is 31.2 Å². The molecule has 2 aromatic rings. The maximum absolute atomic E-state index is 11.8. The first-order valence-corrected chi connectivity index (χ1v) is 6.98. The third kappa shape index (κ3) is 5.55. The van der Waals surface area contributed by atoms with E-state index < -0.39 is 0 Å². The van der Waals surface area contributed by atoms with Gasteiger partial charge < -0.3 is 15.0 Å². The zero-order chi connectivity index (χ0) is 17.4. The summed E-state index contributed by atoms with van der Waals surface area (Å²) in [5.74, 6) is -0.380. The van der Waals surface area contributed by atoms with Gasteiger partial charge in [0.2, 0.25) is 0 Å². The first-order valence-electron chi connectivity index (χ1n) is 6.98. The van der Waals surface area contributed by atoms with E-state index in [0.29, 0.717) is 6.54 Å². The van der Waals surface area contributed by atoms with Gasteiger partial charge in [0.05, 0.1) is 20.2 Å². The number of methoxy groups -OCH3 is 1. The Morgan fingerprint density at radius 3 is 2.48 bits per heavy atom. The normalized spacial score (nSPS) is 9.74. The van der Waals surface area contributed by atoms with Gasteiger partial charge in [0.1, 0.15) is 0 Å². The fourth-order valence-corrected chi connectivity index (χ4v) is 1.84. The van der Waals surface area contributed by atoms with Crippen LogP contribution in [0.2, 0.25) is 0 Å². The lowest BCUT2D eigenvalue weighted by atomic mass is 10.1. The number of esters is 1. The summed E-state index contributed by atoms with van der Waals surface area (Å²) in [5, 5.41) is 0. The molecule has 0 saturated carbocycles. The van der Waals surface area contributed by atoms with Crippen molar-refractivity contribution in [3.05, 3.63) is 68.5 Å². The number of benzene rings is 1. The minimum atomic E-state index is -0.380. The number of carbonyl (C=O) groups is 1. The second-order valence-corrected chi connectivity index (χ2v) is 4.90. The summed E-state index contributed by atoms with van der Waals surface area (Å²) in [4.78, 5) is 33.3. The molecule has 124 valence electrons. The van der Waals surface area contributed by atoms with E-state index in [1.165, 1.54) is 28.5 Å². The Hall–Kier alpha value is -2.67. The van der Waals surface area contributed by atoms with E-state index in [4.69, 9.17) is 5.73 Å². The van der Waals surface area contributed by atoms with Crippen LogP contribution in [0.15, 0.2) is 46.1 Å². The molecule has 2 rings (SSSR count). The molecular weight excluding hydrogens is 298 g/mol. The molecule has 2 N–H and O–H groups in total. The summed E-state index contributed by atoms with van der Waals surface area (Å²) in [6.45, 7) is 2.26. The SMILES string of the molecule is COC(=O)CN.Cc1cccc(Cn2c(=O)ccn(C)c2=O)c1. The number of aryl methyl sites for hydroxylation is 2. The van der Waals surface area contributed by atoms with Crippen LogP contribution < -0.4 is 17.0 Å². The Morgan fingerprint density at radius 2 is 1.96 bits per heavy atom. The van der Waals surface area contributed by atoms with Crippen molar-refractivity contribution in [2.45, 2.75) is 13.5 Å². The maximum Gasteiger partial charge on any atom is 0.331 e. The van der Waals surface area contributed by atoms with Crippen molar-refractivity contribution < 1.29 is 9.53 Å². The zero-order valence-corrected chi connectivity index (χ0v) is 13.5. The molecule has 0 fully saturated rings. The van der Waals surface area contributed by atoms with Gasteiger partial charge in [0.25, 0.3) is 5.56 Å². The van der Waals surface area contributed by atoms with E-state index in [-0.39, 0.29) is 23.8 Å². The monoisotopic (exact) mass is 319 g/mol. The Kier molecular flexibility index (Phi) is 6.95. The minimum Gasteiger partial charge on any atom is -0.468 e. The number of carbonyl (C=O) groups excluding carboxylic acids is 1. The fourth-order valence-electron chi connectivity index (χ4n) is 1.84. The van der Waals surface area contributed by atoms with E-state index in [2.05, 4.69) is 4.74 Å². The topological polar surface area (TPSA) is 96.3 Å². The summed E-state index contributed by atoms with van der Waals surface area (Å²) >= 11 is 0. The van der Waals surface area contributed by atoms with Crippen molar-refractivity contribution in [1.82, 2.24) is 9.13 Å². The molecule has 0 amide bonds. The highest BCUT2D eigenvalue weighted by Crippen LogP contribution is 2.03. The minimum absolute atomic E-state index is 0.0312. The highest BCUT2D eigenvalue weighted by Gasteiger charge is 2.03. The maximum atomic E-state index is 11.8. The molecule has 1 heterocycles. The number of hydrogen-bond donors (Lipinski definition) is 1. The first kappa shape index (κ1) is 18.4. The van der Waals surface area contributed by atoms with Crippen LogP contribution in [-0.2, 0) is 23.1 Å². The number of nitrogens with two attached hydrogens (primary N) is 1.